The molecule has 0 aliphatic carbocycles. The predicted molar refractivity (Wildman–Crippen MR) is 265 cm³/mol. The van der Waals surface area contributed by atoms with Gasteiger partial charge in [-0.05, 0) is 83.9 Å². The highest BCUT2D eigenvalue weighted by atomic mass is 15.2. The van der Waals surface area contributed by atoms with Gasteiger partial charge >= 0.3 is 0 Å². The Morgan fingerprint density at radius 2 is 0.359 bits per heavy atom. The molecule has 6 nitrogen and oxygen atoms in total. The summed E-state index contributed by atoms with van der Waals surface area (Å²) in [6.45, 7) is 0. The Bertz CT molecular complexity index is 3470. The number of rotatable bonds is 5. The lowest BCUT2D eigenvalue weighted by molar-refractivity contribution is 1.01. The van der Waals surface area contributed by atoms with E-state index in [4.69, 9.17) is 9.97 Å². The summed E-state index contributed by atoms with van der Waals surface area (Å²) in [7, 11) is 0. The second-order valence-electron chi connectivity index (χ2n) is 16.6. The minimum Gasteiger partial charge on any atom is -0.294 e. The van der Waals surface area contributed by atoms with Crippen molar-refractivity contribution in [1.82, 2.24) is 28.2 Å². The van der Waals surface area contributed by atoms with E-state index in [2.05, 4.69) is 237 Å². The van der Waals surface area contributed by atoms with Crippen LogP contribution < -0.4 is 0 Å². The fraction of sp³-hybridized carbons (Fsp3) is 0. The summed E-state index contributed by atoms with van der Waals surface area (Å²) in [5.41, 5.74) is 10.9. The average Bonchev–Trinajstić information content (AvgIpc) is 4.09. The van der Waals surface area contributed by atoms with Gasteiger partial charge < -0.3 is 0 Å². The first-order valence-corrected chi connectivity index (χ1v) is 21.8. The van der Waals surface area contributed by atoms with Crippen LogP contribution >= 0.6 is 0 Å². The molecule has 6 heteroatoms. The number of aromatic nitrogens is 6. The van der Waals surface area contributed by atoms with Crippen LogP contribution in [0.5, 0.6) is 0 Å². The van der Waals surface area contributed by atoms with Crippen LogP contribution in [0.3, 0.4) is 0 Å². The van der Waals surface area contributed by atoms with E-state index in [1.54, 1.807) is 0 Å². The Labute approximate surface area is 366 Å². The SMILES string of the molecule is c1ccc2c(c1)c1ccccc1n2-c1cc(-c2cc(-n3c4ccccc4c4ccccc43)nc(-n3c4ccccc4c4ccccc43)c2)cc(-n2c3ccccc3c3ccccc32)n1. The standard InChI is InChI=1S/C58H36N6/c1-9-25-47-39(17-1)40-18-2-10-26-48(40)61(47)55-33-37(34-56(59-55)62-49-27-11-3-19-41(49)42-20-4-12-28-50(42)62)38-35-57(63-51-29-13-5-21-43(51)44-22-6-14-30-52(44)63)60-58(36-38)64-53-31-15-7-23-45(53)46-24-8-16-32-54(46)64/h1-36H. The molecule has 0 spiro atoms. The summed E-state index contributed by atoms with van der Waals surface area (Å²) in [5.74, 6) is 3.33. The van der Waals surface area contributed by atoms with E-state index < -0.39 is 0 Å². The van der Waals surface area contributed by atoms with Crippen LogP contribution in [0.1, 0.15) is 0 Å². The lowest BCUT2D eigenvalue weighted by Gasteiger charge is -2.17. The fourth-order valence-electron chi connectivity index (χ4n) is 10.5. The second kappa shape index (κ2) is 13.4. The molecular weight excluding hydrogens is 781 g/mol. The van der Waals surface area contributed by atoms with Gasteiger partial charge in [-0.3, -0.25) is 18.3 Å². The summed E-state index contributed by atoms with van der Waals surface area (Å²) in [6.07, 6.45) is 0. The zero-order valence-corrected chi connectivity index (χ0v) is 34.5. The van der Waals surface area contributed by atoms with Crippen LogP contribution in [-0.4, -0.2) is 28.2 Å². The van der Waals surface area contributed by atoms with Crippen LogP contribution in [0.15, 0.2) is 218 Å². The summed E-state index contributed by atoms with van der Waals surface area (Å²) in [4.78, 5) is 11.3. The average molecular weight is 817 g/mol. The van der Waals surface area contributed by atoms with Gasteiger partial charge in [-0.25, -0.2) is 9.97 Å². The molecule has 0 bridgehead atoms. The maximum absolute atomic E-state index is 5.65. The molecule has 0 atom stereocenters. The molecule has 0 amide bonds. The molecule has 0 aliphatic heterocycles. The Morgan fingerprint density at radius 1 is 0.203 bits per heavy atom. The molecule has 0 aliphatic rings. The van der Waals surface area contributed by atoms with Gasteiger partial charge in [0.2, 0.25) is 0 Å². The zero-order valence-electron chi connectivity index (χ0n) is 34.5. The first-order valence-electron chi connectivity index (χ1n) is 21.8. The Hall–Kier alpha value is -8.74. The van der Waals surface area contributed by atoms with Crippen molar-refractivity contribution >= 4 is 87.2 Å². The topological polar surface area (TPSA) is 45.5 Å². The minimum absolute atomic E-state index is 0.834. The van der Waals surface area contributed by atoms with E-state index in [0.717, 1.165) is 78.5 Å². The first kappa shape index (κ1) is 34.9. The van der Waals surface area contributed by atoms with E-state index in [1.165, 1.54) is 43.1 Å². The van der Waals surface area contributed by atoms with Gasteiger partial charge in [-0.1, -0.05) is 146 Å². The molecule has 0 fully saturated rings. The monoisotopic (exact) mass is 816 g/mol. The second-order valence-corrected chi connectivity index (χ2v) is 16.6. The first-order chi connectivity index (χ1) is 31.8. The van der Waals surface area contributed by atoms with E-state index in [1.807, 2.05) is 0 Å². The molecule has 0 saturated heterocycles. The fourth-order valence-corrected chi connectivity index (χ4v) is 10.5. The largest absolute Gasteiger partial charge is 0.294 e. The van der Waals surface area contributed by atoms with E-state index in [-0.39, 0.29) is 0 Å². The van der Waals surface area contributed by atoms with Crippen LogP contribution in [-0.2, 0) is 0 Å². The molecule has 14 aromatic rings. The third-order valence-corrected chi connectivity index (χ3v) is 13.2. The van der Waals surface area contributed by atoms with Gasteiger partial charge in [0.05, 0.1) is 44.1 Å². The Morgan fingerprint density at radius 3 is 0.531 bits per heavy atom. The van der Waals surface area contributed by atoms with Gasteiger partial charge in [0, 0.05) is 43.1 Å². The number of hydrogen-bond acceptors (Lipinski definition) is 2. The van der Waals surface area contributed by atoms with Crippen molar-refractivity contribution in [3.63, 3.8) is 0 Å². The van der Waals surface area contributed by atoms with Crippen molar-refractivity contribution in [3.05, 3.63) is 218 Å². The number of hydrogen-bond donors (Lipinski definition) is 0. The van der Waals surface area contributed by atoms with E-state index in [9.17, 15) is 0 Å². The van der Waals surface area contributed by atoms with Gasteiger partial charge in [-0.15, -0.1) is 0 Å². The van der Waals surface area contributed by atoms with Crippen LogP contribution in [0.4, 0.5) is 0 Å². The summed E-state index contributed by atoms with van der Waals surface area (Å²) < 4.78 is 9.31. The molecule has 8 aromatic carbocycles. The van der Waals surface area contributed by atoms with Crippen molar-refractivity contribution in [2.75, 3.05) is 0 Å². The number of nitrogens with zero attached hydrogens (tertiary/aromatic N) is 6. The highest BCUT2D eigenvalue weighted by Gasteiger charge is 2.22. The van der Waals surface area contributed by atoms with Crippen molar-refractivity contribution in [2.24, 2.45) is 0 Å². The highest BCUT2D eigenvalue weighted by Crippen LogP contribution is 2.40. The molecule has 0 radical (unpaired) electrons. The number of para-hydroxylation sites is 8. The summed E-state index contributed by atoms with van der Waals surface area (Å²) in [5, 5.41) is 9.52. The van der Waals surface area contributed by atoms with E-state index >= 15 is 0 Å². The normalized spacial score (nSPS) is 12.1. The van der Waals surface area contributed by atoms with Crippen LogP contribution in [0.2, 0.25) is 0 Å². The predicted octanol–water partition coefficient (Wildman–Crippen LogP) is 14.5. The highest BCUT2D eigenvalue weighted by molar-refractivity contribution is 6.12. The van der Waals surface area contributed by atoms with Gasteiger partial charge in [0.15, 0.2) is 0 Å². The van der Waals surface area contributed by atoms with Crippen molar-refractivity contribution < 1.29 is 0 Å². The summed E-state index contributed by atoms with van der Waals surface area (Å²) >= 11 is 0. The van der Waals surface area contributed by atoms with Crippen molar-refractivity contribution in [1.29, 1.82) is 0 Å². The van der Waals surface area contributed by atoms with Gasteiger partial charge in [0.1, 0.15) is 23.3 Å². The lowest BCUT2D eigenvalue weighted by atomic mass is 10.1. The molecule has 0 N–H and O–H groups in total. The third kappa shape index (κ3) is 4.96. The maximum Gasteiger partial charge on any atom is 0.140 e. The Kier molecular flexibility index (Phi) is 7.30. The number of pyridine rings is 2. The molecular formula is C58H36N6. The quantitative estimate of drug-likeness (QED) is 0.174. The molecule has 14 rings (SSSR count). The molecule has 298 valence electrons. The van der Waals surface area contributed by atoms with Crippen LogP contribution in [0, 0.1) is 0 Å². The molecule has 6 heterocycles. The number of benzene rings is 8. The van der Waals surface area contributed by atoms with Crippen molar-refractivity contribution in [3.8, 4) is 34.4 Å². The molecule has 0 saturated carbocycles. The summed E-state index contributed by atoms with van der Waals surface area (Å²) in [6, 6.07) is 78.3. The lowest BCUT2D eigenvalue weighted by Crippen LogP contribution is -2.06. The molecule has 0 unspecified atom stereocenters. The number of fused-ring (bicyclic) bond motifs is 12. The maximum atomic E-state index is 5.65. The minimum atomic E-state index is 0.834. The Balaban J connectivity index is 1.13. The van der Waals surface area contributed by atoms with Gasteiger partial charge in [0.25, 0.3) is 0 Å². The van der Waals surface area contributed by atoms with Crippen LogP contribution in [0.25, 0.3) is 122 Å². The third-order valence-electron chi connectivity index (χ3n) is 13.2. The zero-order chi connectivity index (χ0) is 41.9. The van der Waals surface area contributed by atoms with Crippen molar-refractivity contribution in [2.45, 2.75) is 0 Å². The van der Waals surface area contributed by atoms with Gasteiger partial charge in [-0.2, -0.15) is 0 Å². The molecule has 64 heavy (non-hydrogen) atoms. The van der Waals surface area contributed by atoms with E-state index in [0.29, 0.717) is 0 Å². The smallest absolute Gasteiger partial charge is 0.140 e. The molecule has 6 aromatic heterocycles.